The summed E-state index contributed by atoms with van der Waals surface area (Å²) in [6, 6.07) is 15.0. The van der Waals surface area contributed by atoms with Gasteiger partial charge in [0.05, 0.1) is 0 Å². The number of carbonyl (C=O) groups excluding carboxylic acids is 1. The molecular formula is C15H15NO3S. The van der Waals surface area contributed by atoms with Gasteiger partial charge in [-0.25, -0.2) is 13.6 Å². The predicted molar refractivity (Wildman–Crippen MR) is 77.8 cm³/mol. The monoisotopic (exact) mass is 289 g/mol. The van der Waals surface area contributed by atoms with Crippen LogP contribution in [0.2, 0.25) is 0 Å². The average Bonchev–Trinajstić information content (AvgIpc) is 2.41. The second-order valence-corrected chi connectivity index (χ2v) is 6.26. The summed E-state index contributed by atoms with van der Waals surface area (Å²) in [4.78, 5) is 12.4. The van der Waals surface area contributed by atoms with Gasteiger partial charge in [-0.15, -0.1) is 0 Å². The van der Waals surface area contributed by atoms with Crippen LogP contribution in [0, 0.1) is 6.92 Å². The molecule has 0 saturated heterocycles. The van der Waals surface area contributed by atoms with E-state index in [0.29, 0.717) is 11.1 Å². The molecule has 1 atom stereocenters. The second-order valence-electron chi connectivity index (χ2n) is 4.61. The molecule has 5 heteroatoms. The van der Waals surface area contributed by atoms with Crippen molar-refractivity contribution in [2.24, 2.45) is 5.14 Å². The van der Waals surface area contributed by atoms with E-state index in [1.807, 2.05) is 6.92 Å². The van der Waals surface area contributed by atoms with Crippen molar-refractivity contribution in [3.05, 3.63) is 71.3 Å². The van der Waals surface area contributed by atoms with Gasteiger partial charge in [0, 0.05) is 5.56 Å². The molecule has 2 aromatic rings. The van der Waals surface area contributed by atoms with Crippen molar-refractivity contribution >= 4 is 15.8 Å². The molecule has 0 aliphatic rings. The molecule has 0 amide bonds. The Balaban J connectivity index is 2.50. The predicted octanol–water partition coefficient (Wildman–Crippen LogP) is 2.21. The van der Waals surface area contributed by atoms with E-state index in [2.05, 4.69) is 0 Å². The number of ketones is 1. The van der Waals surface area contributed by atoms with E-state index in [1.165, 1.54) is 0 Å². The molecule has 1 unspecified atom stereocenters. The van der Waals surface area contributed by atoms with Gasteiger partial charge < -0.3 is 0 Å². The van der Waals surface area contributed by atoms with Gasteiger partial charge in [-0.1, -0.05) is 60.2 Å². The van der Waals surface area contributed by atoms with E-state index in [4.69, 9.17) is 5.14 Å². The van der Waals surface area contributed by atoms with Crippen LogP contribution in [0.4, 0.5) is 0 Å². The van der Waals surface area contributed by atoms with Crippen molar-refractivity contribution in [3.63, 3.8) is 0 Å². The van der Waals surface area contributed by atoms with Crippen molar-refractivity contribution in [2.45, 2.75) is 12.2 Å². The van der Waals surface area contributed by atoms with Crippen molar-refractivity contribution in [1.29, 1.82) is 0 Å². The topological polar surface area (TPSA) is 77.2 Å². The number of primary sulfonamides is 1. The zero-order valence-electron chi connectivity index (χ0n) is 11.0. The lowest BCUT2D eigenvalue weighted by molar-refractivity contribution is 0.0987. The summed E-state index contributed by atoms with van der Waals surface area (Å²) in [6.07, 6.45) is 0. The molecule has 104 valence electrons. The summed E-state index contributed by atoms with van der Waals surface area (Å²) in [5.41, 5.74) is 1.69. The zero-order valence-corrected chi connectivity index (χ0v) is 11.8. The van der Waals surface area contributed by atoms with Crippen LogP contribution in [0.25, 0.3) is 0 Å². The molecule has 0 spiro atoms. The maximum Gasteiger partial charge on any atom is 0.223 e. The van der Waals surface area contributed by atoms with E-state index >= 15 is 0 Å². The molecule has 0 aromatic heterocycles. The van der Waals surface area contributed by atoms with Crippen molar-refractivity contribution in [2.75, 3.05) is 0 Å². The Morgan fingerprint density at radius 2 is 1.55 bits per heavy atom. The van der Waals surface area contributed by atoms with Crippen LogP contribution in [0.1, 0.15) is 26.7 Å². The smallest absolute Gasteiger partial charge is 0.223 e. The number of aryl methyl sites for hydroxylation is 1. The van der Waals surface area contributed by atoms with Crippen molar-refractivity contribution in [3.8, 4) is 0 Å². The molecule has 0 aliphatic heterocycles. The Morgan fingerprint density at radius 1 is 1.00 bits per heavy atom. The summed E-state index contributed by atoms with van der Waals surface area (Å²) >= 11 is 0. The summed E-state index contributed by atoms with van der Waals surface area (Å²) in [5.74, 6) is -0.517. The van der Waals surface area contributed by atoms with E-state index in [9.17, 15) is 13.2 Å². The number of sulfonamides is 1. The molecule has 2 N–H and O–H groups in total. The fourth-order valence-electron chi connectivity index (χ4n) is 1.99. The normalized spacial score (nSPS) is 12.9. The second kappa shape index (κ2) is 5.56. The van der Waals surface area contributed by atoms with E-state index < -0.39 is 21.1 Å². The third-order valence-electron chi connectivity index (χ3n) is 3.01. The lowest BCUT2D eigenvalue weighted by atomic mass is 10.0. The molecule has 2 aromatic carbocycles. The Hall–Kier alpha value is -1.98. The van der Waals surface area contributed by atoms with Gasteiger partial charge in [0.2, 0.25) is 10.0 Å². The third kappa shape index (κ3) is 3.12. The zero-order chi connectivity index (χ0) is 14.8. The van der Waals surface area contributed by atoms with Gasteiger partial charge in [-0.05, 0) is 12.5 Å². The van der Waals surface area contributed by atoms with Crippen LogP contribution in [0.3, 0.4) is 0 Å². The molecule has 0 aliphatic carbocycles. The van der Waals surface area contributed by atoms with Gasteiger partial charge >= 0.3 is 0 Å². The van der Waals surface area contributed by atoms with E-state index in [1.54, 1.807) is 54.6 Å². The first-order valence-corrected chi connectivity index (χ1v) is 7.68. The first kappa shape index (κ1) is 14.4. The number of hydrogen-bond donors (Lipinski definition) is 1. The molecular weight excluding hydrogens is 274 g/mol. The van der Waals surface area contributed by atoms with Crippen molar-refractivity contribution in [1.82, 2.24) is 0 Å². The van der Waals surface area contributed by atoms with Gasteiger partial charge in [-0.3, -0.25) is 4.79 Å². The number of benzene rings is 2. The summed E-state index contributed by atoms with van der Waals surface area (Å²) in [5, 5.41) is 3.87. The molecule has 4 nitrogen and oxygen atoms in total. The summed E-state index contributed by atoms with van der Waals surface area (Å²) in [6.45, 7) is 1.88. The van der Waals surface area contributed by atoms with Gasteiger partial charge in [-0.2, -0.15) is 0 Å². The molecule has 0 radical (unpaired) electrons. The first-order chi connectivity index (χ1) is 9.39. The van der Waals surface area contributed by atoms with Crippen LogP contribution in [-0.2, 0) is 10.0 Å². The Kier molecular flexibility index (Phi) is 4.01. The maximum absolute atomic E-state index is 12.4. The van der Waals surface area contributed by atoms with E-state index in [0.717, 1.165) is 5.56 Å². The number of carbonyl (C=O) groups is 1. The van der Waals surface area contributed by atoms with Crippen LogP contribution >= 0.6 is 0 Å². The average molecular weight is 289 g/mol. The van der Waals surface area contributed by atoms with Crippen LogP contribution in [0.5, 0.6) is 0 Å². The van der Waals surface area contributed by atoms with Crippen molar-refractivity contribution < 1.29 is 13.2 Å². The minimum absolute atomic E-state index is 0.326. The molecule has 0 bridgehead atoms. The molecule has 0 heterocycles. The highest BCUT2D eigenvalue weighted by atomic mass is 32.2. The number of nitrogens with two attached hydrogens (primary N) is 1. The quantitative estimate of drug-likeness (QED) is 0.877. The van der Waals surface area contributed by atoms with Gasteiger partial charge in [0.1, 0.15) is 0 Å². The highest BCUT2D eigenvalue weighted by molar-refractivity contribution is 7.90. The maximum atomic E-state index is 12.4. The van der Waals surface area contributed by atoms with Gasteiger partial charge in [0.15, 0.2) is 11.0 Å². The van der Waals surface area contributed by atoms with Crippen LogP contribution < -0.4 is 5.14 Å². The standard InChI is InChI=1S/C15H15NO3S/c1-11-7-9-13(10-8-11)15(20(16,18)19)14(17)12-5-3-2-4-6-12/h2-10,15H,1H3,(H2,16,18,19). The fourth-order valence-corrected chi connectivity index (χ4v) is 2.96. The SMILES string of the molecule is Cc1ccc(C(C(=O)c2ccccc2)S(N)(=O)=O)cc1. The lowest BCUT2D eigenvalue weighted by Crippen LogP contribution is -2.28. The molecule has 2 rings (SSSR count). The minimum Gasteiger partial charge on any atom is -0.292 e. The Labute approximate surface area is 118 Å². The molecule has 0 saturated carbocycles. The molecule has 20 heavy (non-hydrogen) atoms. The first-order valence-electron chi connectivity index (χ1n) is 6.07. The van der Waals surface area contributed by atoms with Crippen LogP contribution in [-0.4, -0.2) is 14.2 Å². The number of Topliss-reactive ketones (excluding diaryl/α,β-unsaturated/α-hetero) is 1. The van der Waals surface area contributed by atoms with Gasteiger partial charge in [0.25, 0.3) is 0 Å². The van der Waals surface area contributed by atoms with E-state index in [-0.39, 0.29) is 0 Å². The number of rotatable bonds is 4. The fraction of sp³-hybridized carbons (Fsp3) is 0.133. The summed E-state index contributed by atoms with van der Waals surface area (Å²) < 4.78 is 23.6. The Morgan fingerprint density at radius 3 is 2.05 bits per heavy atom. The third-order valence-corrected chi connectivity index (χ3v) is 4.15. The Bertz CT molecular complexity index is 707. The number of hydrogen-bond acceptors (Lipinski definition) is 3. The highest BCUT2D eigenvalue weighted by Gasteiger charge is 2.31. The largest absolute Gasteiger partial charge is 0.292 e. The molecule has 0 fully saturated rings. The highest BCUT2D eigenvalue weighted by Crippen LogP contribution is 2.25. The lowest BCUT2D eigenvalue weighted by Gasteiger charge is -2.14. The van der Waals surface area contributed by atoms with Crippen LogP contribution in [0.15, 0.2) is 54.6 Å². The summed E-state index contributed by atoms with van der Waals surface area (Å²) in [7, 11) is -4.03. The minimum atomic E-state index is -4.03.